The number of urea groups is 1. The zero-order chi connectivity index (χ0) is 17.3. The molecule has 0 aromatic heterocycles. The molecular weight excluding hydrogens is 351 g/mol. The van der Waals surface area contributed by atoms with E-state index >= 15 is 0 Å². The lowest BCUT2D eigenvalue weighted by molar-refractivity contribution is -0.134. The van der Waals surface area contributed by atoms with Crippen molar-refractivity contribution in [2.75, 3.05) is 20.2 Å². The topological polar surface area (TPSA) is 49.9 Å². The van der Waals surface area contributed by atoms with Crippen LogP contribution in [-0.4, -0.2) is 47.5 Å². The van der Waals surface area contributed by atoms with Crippen LogP contribution in [0.25, 0.3) is 0 Å². The molecule has 1 saturated heterocycles. The zero-order valence-electron chi connectivity index (χ0n) is 13.6. The first-order valence-corrected chi connectivity index (χ1v) is 8.89. The fourth-order valence-electron chi connectivity index (χ4n) is 3.59. The average molecular weight is 371 g/mol. The van der Waals surface area contributed by atoms with Crippen molar-refractivity contribution in [3.63, 3.8) is 0 Å². The Balaban J connectivity index is 1.67. The minimum Gasteiger partial charge on any atom is -0.489 e. The number of benzene rings is 1. The number of carbonyl (C=O) groups excluding carboxylic acids is 2. The van der Waals surface area contributed by atoms with Gasteiger partial charge in [0.05, 0.1) is 16.6 Å². The van der Waals surface area contributed by atoms with Crippen molar-refractivity contribution in [3.8, 4) is 5.75 Å². The minimum absolute atomic E-state index is 0.108. The van der Waals surface area contributed by atoms with Crippen LogP contribution in [0.2, 0.25) is 10.0 Å². The van der Waals surface area contributed by atoms with E-state index in [2.05, 4.69) is 0 Å². The molecule has 0 bridgehead atoms. The molecule has 3 rings (SSSR count). The Labute approximate surface area is 151 Å². The summed E-state index contributed by atoms with van der Waals surface area (Å²) < 4.78 is 5.61. The lowest BCUT2D eigenvalue weighted by Crippen LogP contribution is -2.49. The van der Waals surface area contributed by atoms with Gasteiger partial charge in [0, 0.05) is 7.05 Å². The van der Waals surface area contributed by atoms with Gasteiger partial charge in [-0.3, -0.25) is 9.69 Å². The summed E-state index contributed by atoms with van der Waals surface area (Å²) in [4.78, 5) is 28.2. The molecule has 1 heterocycles. The number of para-hydroxylation sites is 1. The summed E-state index contributed by atoms with van der Waals surface area (Å²) in [6.45, 7) is 0.343. The van der Waals surface area contributed by atoms with Gasteiger partial charge in [0.25, 0.3) is 5.91 Å². The largest absolute Gasteiger partial charge is 0.489 e. The van der Waals surface area contributed by atoms with Gasteiger partial charge in [0.1, 0.15) is 12.1 Å². The molecule has 1 aliphatic carbocycles. The molecule has 1 spiro atoms. The third-order valence-electron chi connectivity index (χ3n) is 4.96. The molecule has 2 fully saturated rings. The molecule has 1 aromatic rings. The molecule has 0 atom stereocenters. The number of amides is 3. The normalized spacial score (nSPS) is 20.1. The van der Waals surface area contributed by atoms with Crippen molar-refractivity contribution in [1.82, 2.24) is 9.80 Å². The molecule has 0 radical (unpaired) electrons. The first-order valence-electron chi connectivity index (χ1n) is 8.14. The molecule has 24 heavy (non-hydrogen) atoms. The number of halogens is 2. The Morgan fingerprint density at radius 2 is 1.75 bits per heavy atom. The quantitative estimate of drug-likeness (QED) is 0.753. The number of hydrogen-bond acceptors (Lipinski definition) is 3. The Morgan fingerprint density at radius 1 is 1.12 bits per heavy atom. The van der Waals surface area contributed by atoms with Crippen LogP contribution in [-0.2, 0) is 4.79 Å². The van der Waals surface area contributed by atoms with Gasteiger partial charge in [-0.2, -0.15) is 0 Å². The van der Waals surface area contributed by atoms with Gasteiger partial charge in [-0.15, -0.1) is 0 Å². The number of carbonyl (C=O) groups is 2. The highest BCUT2D eigenvalue weighted by molar-refractivity contribution is 6.37. The second kappa shape index (κ2) is 6.81. The van der Waals surface area contributed by atoms with Gasteiger partial charge in [0.15, 0.2) is 5.75 Å². The zero-order valence-corrected chi connectivity index (χ0v) is 15.1. The number of imide groups is 1. The number of likely N-dealkylation sites (N-methyl/N-ethyl adjacent to an activating group) is 1. The Morgan fingerprint density at radius 3 is 2.38 bits per heavy atom. The number of rotatable bonds is 4. The number of hydrogen-bond donors (Lipinski definition) is 0. The smallest absolute Gasteiger partial charge is 0.327 e. The highest BCUT2D eigenvalue weighted by Gasteiger charge is 2.55. The van der Waals surface area contributed by atoms with Gasteiger partial charge in [-0.1, -0.05) is 48.5 Å². The van der Waals surface area contributed by atoms with E-state index in [4.69, 9.17) is 27.9 Å². The average Bonchev–Trinajstić information content (AvgIpc) is 2.74. The molecule has 1 saturated carbocycles. The highest BCUT2D eigenvalue weighted by atomic mass is 35.5. The second-order valence-corrected chi connectivity index (χ2v) is 7.10. The summed E-state index contributed by atoms with van der Waals surface area (Å²) in [6.07, 6.45) is 4.54. The Hall–Kier alpha value is -1.46. The molecule has 1 aromatic carbocycles. The van der Waals surface area contributed by atoms with Crippen LogP contribution >= 0.6 is 23.2 Å². The van der Waals surface area contributed by atoms with E-state index in [1.165, 1.54) is 4.90 Å². The first-order chi connectivity index (χ1) is 11.5. The van der Waals surface area contributed by atoms with Crippen LogP contribution in [0.1, 0.15) is 32.1 Å². The summed E-state index contributed by atoms with van der Waals surface area (Å²) in [7, 11) is 1.72. The monoisotopic (exact) mass is 370 g/mol. The van der Waals surface area contributed by atoms with Gasteiger partial charge < -0.3 is 9.64 Å². The SMILES string of the molecule is CN1C(=O)N(CCOc2c(Cl)cccc2Cl)C(=O)C12CCCCC2. The molecule has 0 unspecified atom stereocenters. The standard InChI is InChI=1S/C17H20Cl2N2O3/c1-20-16(23)21(15(22)17(20)8-3-2-4-9-17)10-11-24-14-12(18)6-5-7-13(14)19/h5-7H,2-4,8-11H2,1H3. The lowest BCUT2D eigenvalue weighted by Gasteiger charge is -2.35. The second-order valence-electron chi connectivity index (χ2n) is 6.29. The molecule has 130 valence electrons. The summed E-state index contributed by atoms with van der Waals surface area (Å²) in [5.74, 6) is 0.268. The van der Waals surface area contributed by atoms with Crippen LogP contribution in [0.5, 0.6) is 5.75 Å². The molecule has 5 nitrogen and oxygen atoms in total. The van der Waals surface area contributed by atoms with Crippen molar-refractivity contribution < 1.29 is 14.3 Å². The van der Waals surface area contributed by atoms with E-state index in [-0.39, 0.29) is 25.1 Å². The molecule has 0 N–H and O–H groups in total. The third kappa shape index (κ3) is 2.84. The maximum Gasteiger partial charge on any atom is 0.327 e. The van der Waals surface area contributed by atoms with Crippen molar-refractivity contribution in [1.29, 1.82) is 0 Å². The lowest BCUT2D eigenvalue weighted by atomic mass is 9.81. The fourth-order valence-corrected chi connectivity index (χ4v) is 4.09. The Kier molecular flexibility index (Phi) is 4.92. The van der Waals surface area contributed by atoms with Crippen LogP contribution in [0, 0.1) is 0 Å². The van der Waals surface area contributed by atoms with Crippen molar-refractivity contribution in [2.45, 2.75) is 37.6 Å². The van der Waals surface area contributed by atoms with Crippen LogP contribution < -0.4 is 4.74 Å². The van der Waals surface area contributed by atoms with Gasteiger partial charge in [-0.25, -0.2) is 4.79 Å². The summed E-state index contributed by atoms with van der Waals surface area (Å²) in [6, 6.07) is 4.84. The van der Waals surface area contributed by atoms with Crippen molar-refractivity contribution in [2.24, 2.45) is 0 Å². The predicted octanol–water partition coefficient (Wildman–Crippen LogP) is 3.97. The fraction of sp³-hybridized carbons (Fsp3) is 0.529. The van der Waals surface area contributed by atoms with Gasteiger partial charge >= 0.3 is 6.03 Å². The molecular formula is C17H20Cl2N2O3. The van der Waals surface area contributed by atoms with Gasteiger partial charge in [0.2, 0.25) is 0 Å². The summed E-state index contributed by atoms with van der Waals surface area (Å²) in [5, 5.41) is 0.810. The van der Waals surface area contributed by atoms with Crippen LogP contribution in [0.15, 0.2) is 18.2 Å². The molecule has 2 aliphatic rings. The maximum absolute atomic E-state index is 12.8. The van der Waals surface area contributed by atoms with Gasteiger partial charge in [-0.05, 0) is 25.0 Å². The van der Waals surface area contributed by atoms with E-state index in [1.807, 2.05) is 0 Å². The van der Waals surface area contributed by atoms with Crippen LogP contribution in [0.3, 0.4) is 0 Å². The summed E-state index contributed by atoms with van der Waals surface area (Å²) in [5.41, 5.74) is -0.655. The van der Waals surface area contributed by atoms with E-state index < -0.39 is 5.54 Å². The highest BCUT2D eigenvalue weighted by Crippen LogP contribution is 2.39. The molecule has 3 amide bonds. The van der Waals surface area contributed by atoms with E-state index in [9.17, 15) is 9.59 Å². The maximum atomic E-state index is 12.8. The molecule has 1 aliphatic heterocycles. The number of ether oxygens (including phenoxy) is 1. The summed E-state index contributed by atoms with van der Waals surface area (Å²) >= 11 is 12.1. The Bertz CT molecular complexity index is 639. The van der Waals surface area contributed by atoms with E-state index in [0.29, 0.717) is 15.8 Å². The third-order valence-corrected chi connectivity index (χ3v) is 5.56. The van der Waals surface area contributed by atoms with Crippen molar-refractivity contribution in [3.05, 3.63) is 28.2 Å². The van der Waals surface area contributed by atoms with E-state index in [0.717, 1.165) is 32.1 Å². The number of nitrogens with zero attached hydrogens (tertiary/aromatic N) is 2. The molecule has 7 heteroatoms. The van der Waals surface area contributed by atoms with E-state index in [1.54, 1.807) is 30.1 Å². The first kappa shape index (κ1) is 17.4. The van der Waals surface area contributed by atoms with Crippen molar-refractivity contribution >= 4 is 35.1 Å². The minimum atomic E-state index is -0.655. The van der Waals surface area contributed by atoms with Crippen LogP contribution in [0.4, 0.5) is 4.79 Å². The predicted molar refractivity (Wildman–Crippen MR) is 92.6 cm³/mol.